The molecule has 0 radical (unpaired) electrons. The Kier molecular flexibility index (Phi) is 5.30. The van der Waals surface area contributed by atoms with Crippen molar-refractivity contribution in [2.45, 2.75) is 78.3 Å². The first-order chi connectivity index (χ1) is 9.08. The number of nitrogens with zero attached hydrogens (tertiary/aromatic N) is 1. The summed E-state index contributed by atoms with van der Waals surface area (Å²) < 4.78 is 0. The van der Waals surface area contributed by atoms with Gasteiger partial charge in [-0.05, 0) is 56.5 Å². The zero-order valence-corrected chi connectivity index (χ0v) is 13.5. The second-order valence-electron chi connectivity index (χ2n) is 7.40. The number of hydrogen-bond donors (Lipinski definition) is 1. The summed E-state index contributed by atoms with van der Waals surface area (Å²) in [4.78, 5) is 2.79. The molecule has 0 aromatic heterocycles. The molecule has 0 aromatic carbocycles. The minimum Gasteiger partial charge on any atom is -0.313 e. The number of rotatable bonds is 7. The van der Waals surface area contributed by atoms with E-state index < -0.39 is 0 Å². The van der Waals surface area contributed by atoms with E-state index in [1.165, 1.54) is 51.6 Å². The minimum atomic E-state index is 0.473. The fraction of sp³-hybridized carbons (Fsp3) is 1.00. The lowest BCUT2D eigenvalue weighted by Crippen LogP contribution is -2.53. The van der Waals surface area contributed by atoms with Crippen LogP contribution < -0.4 is 5.32 Å². The monoisotopic (exact) mass is 266 g/mol. The molecular formula is C17H34N2. The molecule has 1 N–H and O–H groups in total. The van der Waals surface area contributed by atoms with E-state index in [4.69, 9.17) is 0 Å². The van der Waals surface area contributed by atoms with Crippen LogP contribution in [0.25, 0.3) is 0 Å². The first-order valence-electron chi connectivity index (χ1n) is 8.56. The van der Waals surface area contributed by atoms with E-state index in [1.54, 1.807) is 0 Å². The van der Waals surface area contributed by atoms with E-state index >= 15 is 0 Å². The molecule has 112 valence electrons. The van der Waals surface area contributed by atoms with Crippen LogP contribution in [0.1, 0.15) is 66.2 Å². The summed E-state index contributed by atoms with van der Waals surface area (Å²) in [7, 11) is 0. The van der Waals surface area contributed by atoms with Gasteiger partial charge in [0, 0.05) is 18.6 Å². The molecule has 0 aromatic rings. The molecular weight excluding hydrogens is 232 g/mol. The predicted octanol–water partition coefficient (Wildman–Crippen LogP) is 3.67. The van der Waals surface area contributed by atoms with Gasteiger partial charge in [-0.1, -0.05) is 34.1 Å². The summed E-state index contributed by atoms with van der Waals surface area (Å²) in [6, 6.07) is 1.64. The highest BCUT2D eigenvalue weighted by atomic mass is 15.2. The van der Waals surface area contributed by atoms with Crippen LogP contribution in [-0.2, 0) is 0 Å². The lowest BCUT2D eigenvalue weighted by Gasteiger charge is -2.46. The molecule has 2 fully saturated rings. The Labute approximate surface area is 120 Å². The Hall–Kier alpha value is -0.0800. The Bertz CT molecular complexity index is 270. The first-order valence-corrected chi connectivity index (χ1v) is 8.56. The Morgan fingerprint density at radius 1 is 1.16 bits per heavy atom. The van der Waals surface area contributed by atoms with Crippen LogP contribution in [0.2, 0.25) is 0 Å². The third-order valence-corrected chi connectivity index (χ3v) is 5.18. The average molecular weight is 266 g/mol. The standard InChI is InChI=1S/C17H34N2/c1-5-12-19(15-9-10-15)13-14-8-7-11-17(3,4)16(14)18-6-2/h14-16,18H,5-13H2,1-4H3. The van der Waals surface area contributed by atoms with E-state index in [-0.39, 0.29) is 0 Å². The molecule has 0 heterocycles. The molecule has 2 unspecified atom stereocenters. The molecule has 0 aliphatic heterocycles. The highest BCUT2D eigenvalue weighted by Crippen LogP contribution is 2.40. The van der Waals surface area contributed by atoms with E-state index in [2.05, 4.69) is 37.9 Å². The predicted molar refractivity (Wildman–Crippen MR) is 83.5 cm³/mol. The van der Waals surface area contributed by atoms with Gasteiger partial charge >= 0.3 is 0 Å². The van der Waals surface area contributed by atoms with Crippen molar-refractivity contribution in [2.75, 3.05) is 19.6 Å². The summed E-state index contributed by atoms with van der Waals surface area (Å²) in [5, 5.41) is 3.80. The molecule has 0 bridgehead atoms. The molecule has 0 amide bonds. The molecule has 2 atom stereocenters. The van der Waals surface area contributed by atoms with E-state index in [9.17, 15) is 0 Å². The van der Waals surface area contributed by atoms with E-state index in [0.717, 1.165) is 18.5 Å². The molecule has 2 aliphatic rings. The second-order valence-corrected chi connectivity index (χ2v) is 7.40. The van der Waals surface area contributed by atoms with Gasteiger partial charge in [-0.3, -0.25) is 0 Å². The Morgan fingerprint density at radius 2 is 1.89 bits per heavy atom. The SMILES string of the molecule is CCCN(CC1CCCC(C)(C)C1NCC)C1CC1. The fourth-order valence-electron chi connectivity index (χ4n) is 4.09. The van der Waals surface area contributed by atoms with Gasteiger partial charge in [-0.25, -0.2) is 0 Å². The summed E-state index contributed by atoms with van der Waals surface area (Å²) in [6.07, 6.45) is 8.43. The average Bonchev–Trinajstić information content (AvgIpc) is 3.16. The summed E-state index contributed by atoms with van der Waals surface area (Å²) in [6.45, 7) is 13.3. The second kappa shape index (κ2) is 6.58. The van der Waals surface area contributed by atoms with Crippen molar-refractivity contribution in [3.63, 3.8) is 0 Å². The summed E-state index contributed by atoms with van der Waals surface area (Å²) in [5.41, 5.74) is 0.473. The van der Waals surface area contributed by atoms with Gasteiger partial charge in [-0.15, -0.1) is 0 Å². The van der Waals surface area contributed by atoms with Crippen molar-refractivity contribution in [3.8, 4) is 0 Å². The molecule has 2 rings (SSSR count). The minimum absolute atomic E-state index is 0.473. The topological polar surface area (TPSA) is 15.3 Å². The maximum atomic E-state index is 3.80. The van der Waals surface area contributed by atoms with Gasteiger partial charge in [0.15, 0.2) is 0 Å². The lowest BCUT2D eigenvalue weighted by atomic mass is 9.67. The highest BCUT2D eigenvalue weighted by molar-refractivity contribution is 4.96. The smallest absolute Gasteiger partial charge is 0.0159 e. The molecule has 0 saturated heterocycles. The van der Waals surface area contributed by atoms with Crippen LogP contribution in [0, 0.1) is 11.3 Å². The van der Waals surface area contributed by atoms with Crippen molar-refractivity contribution in [1.82, 2.24) is 10.2 Å². The molecule has 2 aliphatic carbocycles. The van der Waals surface area contributed by atoms with Crippen LogP contribution in [-0.4, -0.2) is 36.6 Å². The normalized spacial score (nSPS) is 30.8. The quantitative estimate of drug-likeness (QED) is 0.756. The zero-order valence-electron chi connectivity index (χ0n) is 13.5. The molecule has 2 nitrogen and oxygen atoms in total. The highest BCUT2D eigenvalue weighted by Gasteiger charge is 2.40. The van der Waals surface area contributed by atoms with Crippen LogP contribution in [0.4, 0.5) is 0 Å². The largest absolute Gasteiger partial charge is 0.313 e. The third kappa shape index (κ3) is 3.95. The Balaban J connectivity index is 1.98. The van der Waals surface area contributed by atoms with Gasteiger partial charge in [0.1, 0.15) is 0 Å². The summed E-state index contributed by atoms with van der Waals surface area (Å²) in [5.74, 6) is 0.857. The van der Waals surface area contributed by atoms with Gasteiger partial charge in [-0.2, -0.15) is 0 Å². The maximum absolute atomic E-state index is 3.80. The zero-order chi connectivity index (χ0) is 13.9. The van der Waals surface area contributed by atoms with Crippen molar-refractivity contribution in [1.29, 1.82) is 0 Å². The van der Waals surface area contributed by atoms with Gasteiger partial charge < -0.3 is 10.2 Å². The Morgan fingerprint density at radius 3 is 2.47 bits per heavy atom. The maximum Gasteiger partial charge on any atom is 0.0159 e. The molecule has 0 spiro atoms. The molecule has 2 saturated carbocycles. The van der Waals surface area contributed by atoms with Gasteiger partial charge in [0.05, 0.1) is 0 Å². The van der Waals surface area contributed by atoms with Crippen molar-refractivity contribution < 1.29 is 0 Å². The van der Waals surface area contributed by atoms with Crippen LogP contribution in [0.5, 0.6) is 0 Å². The van der Waals surface area contributed by atoms with Gasteiger partial charge in [0.25, 0.3) is 0 Å². The van der Waals surface area contributed by atoms with Crippen LogP contribution in [0.15, 0.2) is 0 Å². The number of nitrogens with one attached hydrogen (secondary N) is 1. The summed E-state index contributed by atoms with van der Waals surface area (Å²) >= 11 is 0. The first kappa shape index (κ1) is 15.3. The third-order valence-electron chi connectivity index (χ3n) is 5.18. The van der Waals surface area contributed by atoms with Gasteiger partial charge in [0.2, 0.25) is 0 Å². The van der Waals surface area contributed by atoms with Crippen molar-refractivity contribution in [2.24, 2.45) is 11.3 Å². The van der Waals surface area contributed by atoms with Crippen molar-refractivity contribution in [3.05, 3.63) is 0 Å². The van der Waals surface area contributed by atoms with Crippen LogP contribution in [0.3, 0.4) is 0 Å². The molecule has 2 heteroatoms. The fourth-order valence-corrected chi connectivity index (χ4v) is 4.09. The number of hydrogen-bond acceptors (Lipinski definition) is 2. The van der Waals surface area contributed by atoms with E-state index in [1.807, 2.05) is 0 Å². The van der Waals surface area contributed by atoms with Crippen LogP contribution >= 0.6 is 0 Å². The van der Waals surface area contributed by atoms with Crippen molar-refractivity contribution >= 4 is 0 Å². The molecule has 19 heavy (non-hydrogen) atoms. The lowest BCUT2D eigenvalue weighted by molar-refractivity contribution is 0.0772. The van der Waals surface area contributed by atoms with E-state index in [0.29, 0.717) is 11.5 Å².